The third-order valence-electron chi connectivity index (χ3n) is 4.78. The number of alkyl halides is 1. The Kier molecular flexibility index (Phi) is 6.09. The predicted octanol–water partition coefficient (Wildman–Crippen LogP) is 0.782. The summed E-state index contributed by atoms with van der Waals surface area (Å²) in [7, 11) is 3.90. The van der Waals surface area contributed by atoms with Crippen LogP contribution in [0.5, 0.6) is 0 Å². The zero-order valence-electron chi connectivity index (χ0n) is 15.5. The molecule has 2 aromatic carbocycles. The first-order valence-corrected chi connectivity index (χ1v) is 11.4. The molecule has 0 amide bonds. The summed E-state index contributed by atoms with van der Waals surface area (Å²) < 4.78 is 1.50. The first kappa shape index (κ1) is 19.0. The topological polar surface area (TPSA) is 62.4 Å². The number of halogens is 1. The number of hydrogen-bond acceptors (Lipinski definition) is 4. The first-order chi connectivity index (χ1) is 11.5. The van der Waals surface area contributed by atoms with Crippen LogP contribution in [0, 0.1) is 17.4 Å². The fraction of sp³-hybridized carbons (Fsp3) is 0.421. The van der Waals surface area contributed by atoms with E-state index in [-0.39, 0.29) is 21.2 Å². The average Bonchev–Trinajstić information content (AvgIpc) is 2.60. The Morgan fingerprint density at radius 3 is 2.08 bits per heavy atom. The summed E-state index contributed by atoms with van der Waals surface area (Å²) in [6.45, 7) is 11.0. The van der Waals surface area contributed by atoms with E-state index >= 15 is 0 Å². The van der Waals surface area contributed by atoms with Crippen molar-refractivity contribution in [2.75, 3.05) is 29.7 Å². The Morgan fingerprint density at radius 2 is 1.67 bits per heavy atom. The van der Waals surface area contributed by atoms with Gasteiger partial charge in [-0.1, -0.05) is 0 Å². The van der Waals surface area contributed by atoms with E-state index in [1.165, 1.54) is 31.0 Å². The quantitative estimate of drug-likeness (QED) is 0.354. The molecule has 0 aliphatic heterocycles. The first-order valence-electron chi connectivity index (χ1n) is 8.18. The van der Waals surface area contributed by atoms with Gasteiger partial charge in [0.05, 0.1) is 0 Å². The molecule has 0 atom stereocenters. The Bertz CT molecular complexity index is 788. The molecule has 0 aromatic heterocycles. The van der Waals surface area contributed by atoms with Gasteiger partial charge in [-0.2, -0.15) is 0 Å². The van der Waals surface area contributed by atoms with Crippen molar-refractivity contribution in [2.24, 2.45) is 10.7 Å². The molecule has 0 aliphatic rings. The Morgan fingerprint density at radius 1 is 1.04 bits per heavy atom. The van der Waals surface area contributed by atoms with Crippen molar-refractivity contribution in [1.29, 1.82) is 0 Å². The van der Waals surface area contributed by atoms with Crippen LogP contribution < -0.4 is 37.6 Å². The van der Waals surface area contributed by atoms with Gasteiger partial charge >= 0.3 is 156 Å². The van der Waals surface area contributed by atoms with Gasteiger partial charge in [0.2, 0.25) is 0 Å². The Hall–Kier alpha value is -1.34. The molecule has 0 bridgehead atoms. The predicted molar refractivity (Wildman–Crippen MR) is 104 cm³/mol. The zero-order valence-corrected chi connectivity index (χ0v) is 17.7. The van der Waals surface area contributed by atoms with Crippen molar-refractivity contribution in [2.45, 2.75) is 33.7 Å². The normalized spacial score (nSPS) is 11.1. The van der Waals surface area contributed by atoms with Crippen molar-refractivity contribution >= 4 is 34.6 Å². The van der Waals surface area contributed by atoms with Crippen LogP contribution >= 0.6 is 0 Å². The second kappa shape index (κ2) is 7.70. The van der Waals surface area contributed by atoms with Crippen LogP contribution in [-0.2, 0) is 13.0 Å². The number of rotatable bonds is 6. The van der Waals surface area contributed by atoms with Gasteiger partial charge < -0.3 is 0 Å². The fourth-order valence-corrected chi connectivity index (χ4v) is 6.12. The summed E-state index contributed by atoms with van der Waals surface area (Å²) in [5, 5.41) is 9.18. The van der Waals surface area contributed by atoms with Crippen molar-refractivity contribution in [1.82, 2.24) is 0 Å². The molecule has 0 unspecified atom stereocenters. The maximum atomic E-state index is 6.09. The molecular formula is C19H28IN4-. The molecule has 0 radical (unpaired) electrons. The number of anilines is 2. The van der Waals surface area contributed by atoms with Gasteiger partial charge in [0.25, 0.3) is 0 Å². The molecule has 0 fully saturated rings. The number of benzene rings is 2. The van der Waals surface area contributed by atoms with Crippen LogP contribution in [0.25, 0.3) is 10.8 Å². The number of hydrogen-bond donors (Lipinski definition) is 3. The standard InChI is InChI=1S/C19H28IN4/c1-8-12-16(20-4)11(3)14-10(2)13(9-21)18(23-6)19(24-7)15(14)17(12)22-5/h23-24H,5,8-9,21H2,1-4,6-7H3/q-1. The molecule has 0 aliphatic carbocycles. The summed E-state index contributed by atoms with van der Waals surface area (Å²) in [4.78, 5) is 6.79. The number of fused-ring (bicyclic) bond motifs is 1. The van der Waals surface area contributed by atoms with Crippen LogP contribution in [0.4, 0.5) is 17.1 Å². The monoisotopic (exact) mass is 439 g/mol. The van der Waals surface area contributed by atoms with Gasteiger partial charge in [-0.15, -0.1) is 0 Å². The Balaban J connectivity index is 3.24. The van der Waals surface area contributed by atoms with Crippen molar-refractivity contribution in [3.8, 4) is 0 Å². The van der Waals surface area contributed by atoms with E-state index in [2.05, 4.69) is 48.0 Å². The number of nitrogens with zero attached hydrogens (tertiary/aromatic N) is 1. The SMILES string of the molecule is C=Nc1c(CC)c([I-]C)c(C)c2c(C)c(CN)c(NC)c(NC)c12. The Labute approximate surface area is 155 Å². The van der Waals surface area contributed by atoms with Crippen LogP contribution in [-0.4, -0.2) is 25.7 Å². The molecular weight excluding hydrogens is 411 g/mol. The van der Waals surface area contributed by atoms with Gasteiger partial charge in [-0.05, 0) is 0 Å². The van der Waals surface area contributed by atoms with E-state index in [4.69, 9.17) is 5.73 Å². The van der Waals surface area contributed by atoms with E-state index in [0.29, 0.717) is 6.54 Å². The molecule has 4 nitrogen and oxygen atoms in total. The molecule has 2 rings (SSSR count). The molecule has 132 valence electrons. The van der Waals surface area contributed by atoms with E-state index in [1.54, 1.807) is 0 Å². The second-order valence-electron chi connectivity index (χ2n) is 5.77. The van der Waals surface area contributed by atoms with Crippen molar-refractivity contribution in [3.63, 3.8) is 0 Å². The molecule has 0 heterocycles. The minimum atomic E-state index is -0.0465. The van der Waals surface area contributed by atoms with E-state index in [1.807, 2.05) is 14.1 Å². The van der Waals surface area contributed by atoms with Gasteiger partial charge in [-0.25, -0.2) is 0 Å². The summed E-state index contributed by atoms with van der Waals surface area (Å²) >= 11 is -0.0465. The van der Waals surface area contributed by atoms with Crippen LogP contribution in [0.1, 0.15) is 29.2 Å². The van der Waals surface area contributed by atoms with Crippen LogP contribution in [0.2, 0.25) is 0 Å². The van der Waals surface area contributed by atoms with Crippen molar-refractivity contribution in [3.05, 3.63) is 25.8 Å². The zero-order chi connectivity index (χ0) is 18.0. The van der Waals surface area contributed by atoms with E-state index in [9.17, 15) is 0 Å². The van der Waals surface area contributed by atoms with E-state index in [0.717, 1.165) is 29.0 Å². The molecule has 5 heteroatoms. The molecule has 0 saturated heterocycles. The van der Waals surface area contributed by atoms with Gasteiger partial charge in [-0.3, -0.25) is 0 Å². The summed E-state index contributed by atoms with van der Waals surface area (Å²) in [5.41, 5.74) is 14.4. The summed E-state index contributed by atoms with van der Waals surface area (Å²) in [6, 6.07) is 0. The van der Waals surface area contributed by atoms with Gasteiger partial charge in [0, 0.05) is 0 Å². The molecule has 0 spiro atoms. The number of aliphatic imine (C=N–C) groups is 1. The number of aryl methyl sites for hydroxylation is 2. The van der Waals surface area contributed by atoms with E-state index < -0.39 is 0 Å². The fourth-order valence-electron chi connectivity index (χ4n) is 3.76. The van der Waals surface area contributed by atoms with Crippen LogP contribution in [0.3, 0.4) is 0 Å². The summed E-state index contributed by atoms with van der Waals surface area (Å²) in [5.74, 6) is 0. The number of nitrogens with one attached hydrogen (secondary N) is 2. The molecule has 0 saturated carbocycles. The van der Waals surface area contributed by atoms with Gasteiger partial charge in [0.15, 0.2) is 0 Å². The second-order valence-corrected chi connectivity index (χ2v) is 7.93. The minimum absolute atomic E-state index is 0.0465. The maximum absolute atomic E-state index is 6.09. The van der Waals surface area contributed by atoms with Crippen LogP contribution in [0.15, 0.2) is 4.99 Å². The molecule has 4 N–H and O–H groups in total. The molecule has 24 heavy (non-hydrogen) atoms. The average molecular weight is 439 g/mol. The molecule has 2 aromatic rings. The third kappa shape index (κ3) is 2.67. The summed E-state index contributed by atoms with van der Waals surface area (Å²) in [6.07, 6.45) is 0.976. The third-order valence-corrected chi connectivity index (χ3v) is 7.31. The number of nitrogens with two attached hydrogens (primary N) is 1. The van der Waals surface area contributed by atoms with Gasteiger partial charge in [0.1, 0.15) is 0 Å². The van der Waals surface area contributed by atoms with Crippen molar-refractivity contribution < 1.29 is 21.2 Å².